The number of hydrogen-bond acceptors (Lipinski definition) is 2. The zero-order valence-corrected chi connectivity index (χ0v) is 30.1. The van der Waals surface area contributed by atoms with E-state index in [1.807, 2.05) is 0 Å². The summed E-state index contributed by atoms with van der Waals surface area (Å²) in [5.74, 6) is 1.82. The third kappa shape index (κ3) is 4.89. The molecule has 0 radical (unpaired) electrons. The van der Waals surface area contributed by atoms with Gasteiger partial charge in [0.1, 0.15) is 11.5 Å². The average Bonchev–Trinajstić information content (AvgIpc) is 3.54. The molecule has 0 aromatic heterocycles. The van der Waals surface area contributed by atoms with Crippen LogP contribution in [0.5, 0.6) is 11.5 Å². The monoisotopic (exact) mass is 701 g/mol. The van der Waals surface area contributed by atoms with Crippen LogP contribution < -0.4 is 9.64 Å². The van der Waals surface area contributed by atoms with Gasteiger partial charge in [0.2, 0.25) is 0 Å². The summed E-state index contributed by atoms with van der Waals surface area (Å²) in [7, 11) is 0. The van der Waals surface area contributed by atoms with Crippen LogP contribution in [0, 0.1) is 0 Å². The highest BCUT2D eigenvalue weighted by molar-refractivity contribution is 5.94. The van der Waals surface area contributed by atoms with Gasteiger partial charge in [-0.1, -0.05) is 152 Å². The summed E-state index contributed by atoms with van der Waals surface area (Å²) in [6.45, 7) is 0. The molecule has 1 unspecified atom stereocenters. The number of fused-ring (bicyclic) bond motifs is 10. The van der Waals surface area contributed by atoms with Crippen molar-refractivity contribution in [3.8, 4) is 44.9 Å². The number of nitrogens with zero attached hydrogens (tertiary/aromatic N) is 1. The van der Waals surface area contributed by atoms with Crippen LogP contribution in [0.3, 0.4) is 0 Å². The molecule has 1 atom stereocenters. The van der Waals surface area contributed by atoms with Gasteiger partial charge in [0.15, 0.2) is 0 Å². The summed E-state index contributed by atoms with van der Waals surface area (Å²) in [4.78, 5) is 2.32. The Hall–Kier alpha value is -7.16. The summed E-state index contributed by atoms with van der Waals surface area (Å²) in [5.41, 5.74) is 15.1. The van der Waals surface area contributed by atoms with Crippen molar-refractivity contribution in [3.05, 3.63) is 235 Å². The fourth-order valence-corrected chi connectivity index (χ4v) is 9.03. The molecule has 11 rings (SSSR count). The largest absolute Gasteiger partial charge is 0.457 e. The maximum atomic E-state index is 6.71. The van der Waals surface area contributed by atoms with Crippen LogP contribution in [-0.4, -0.2) is 0 Å². The zero-order chi connectivity index (χ0) is 36.3. The normalized spacial score (nSPS) is 14.8. The first-order valence-corrected chi connectivity index (χ1v) is 18.9. The van der Waals surface area contributed by atoms with Gasteiger partial charge >= 0.3 is 0 Å². The molecule has 258 valence electrons. The molecule has 2 nitrogen and oxygen atoms in total. The van der Waals surface area contributed by atoms with Crippen LogP contribution in [0.2, 0.25) is 0 Å². The lowest BCUT2D eigenvalue weighted by atomic mass is 9.65. The highest BCUT2D eigenvalue weighted by Gasteiger charge is 2.51. The van der Waals surface area contributed by atoms with Crippen LogP contribution in [0.15, 0.2) is 212 Å². The molecule has 0 fully saturated rings. The van der Waals surface area contributed by atoms with Crippen LogP contribution in [0.1, 0.15) is 22.3 Å². The Kier molecular flexibility index (Phi) is 7.11. The number of para-hydroxylation sites is 2. The lowest BCUT2D eigenvalue weighted by Gasteiger charge is -2.39. The van der Waals surface area contributed by atoms with Crippen molar-refractivity contribution in [2.45, 2.75) is 5.41 Å². The molecule has 0 amide bonds. The van der Waals surface area contributed by atoms with Crippen LogP contribution in [0.4, 0.5) is 17.1 Å². The number of rotatable bonds is 5. The minimum absolute atomic E-state index is 0.505. The minimum atomic E-state index is -0.505. The third-order valence-electron chi connectivity index (χ3n) is 11.5. The first kappa shape index (κ1) is 31.4. The second-order valence-corrected chi connectivity index (χ2v) is 14.5. The van der Waals surface area contributed by atoms with Crippen molar-refractivity contribution < 1.29 is 4.74 Å². The topological polar surface area (TPSA) is 12.5 Å². The fourth-order valence-electron chi connectivity index (χ4n) is 9.03. The van der Waals surface area contributed by atoms with E-state index in [9.17, 15) is 0 Å². The second-order valence-electron chi connectivity index (χ2n) is 14.5. The van der Waals surface area contributed by atoms with Crippen LogP contribution in [-0.2, 0) is 5.41 Å². The third-order valence-corrected chi connectivity index (χ3v) is 11.5. The fraction of sp³-hybridized carbons (Fsp3) is 0.0189. The maximum Gasteiger partial charge on any atom is 0.132 e. The van der Waals surface area contributed by atoms with Gasteiger partial charge in [-0.3, -0.25) is 0 Å². The quantitative estimate of drug-likeness (QED) is 0.177. The molecular formula is C53H35NO. The molecule has 9 aromatic carbocycles. The molecule has 1 aliphatic heterocycles. The van der Waals surface area contributed by atoms with E-state index in [0.717, 1.165) is 28.6 Å². The van der Waals surface area contributed by atoms with Gasteiger partial charge in [0, 0.05) is 28.2 Å². The van der Waals surface area contributed by atoms with E-state index >= 15 is 0 Å². The number of ether oxygens (including phenoxy) is 1. The molecule has 55 heavy (non-hydrogen) atoms. The van der Waals surface area contributed by atoms with Crippen molar-refractivity contribution in [1.82, 2.24) is 0 Å². The Balaban J connectivity index is 1.02. The standard InChI is InChI=1S/C53H35NO/c1-3-13-36(14-4-1)37-23-28-43(29-24-37)54(42-17-5-2-6-18-42)44-30-25-38(26-31-44)41-27-32-48-46(33-41)45-19-9-10-20-47(45)53(48)49-21-11-12-22-51(49)55-52-35-40-16-8-7-15-39(40)34-50(52)53/h1-35H. The molecule has 0 bridgehead atoms. The molecule has 9 aromatic rings. The van der Waals surface area contributed by atoms with Crippen molar-refractivity contribution in [1.29, 1.82) is 0 Å². The molecular weight excluding hydrogens is 667 g/mol. The van der Waals surface area contributed by atoms with E-state index in [-0.39, 0.29) is 0 Å². The minimum Gasteiger partial charge on any atom is -0.457 e. The first-order chi connectivity index (χ1) is 27.3. The van der Waals surface area contributed by atoms with Gasteiger partial charge < -0.3 is 9.64 Å². The highest BCUT2D eigenvalue weighted by atomic mass is 16.5. The van der Waals surface area contributed by atoms with Gasteiger partial charge in [0.05, 0.1) is 5.41 Å². The van der Waals surface area contributed by atoms with E-state index in [1.165, 1.54) is 66.4 Å². The van der Waals surface area contributed by atoms with Gasteiger partial charge in [-0.2, -0.15) is 0 Å². The van der Waals surface area contributed by atoms with E-state index in [4.69, 9.17) is 4.74 Å². The number of hydrogen-bond donors (Lipinski definition) is 0. The van der Waals surface area contributed by atoms with Crippen molar-refractivity contribution in [2.24, 2.45) is 0 Å². The summed E-state index contributed by atoms with van der Waals surface area (Å²) < 4.78 is 6.71. The summed E-state index contributed by atoms with van der Waals surface area (Å²) >= 11 is 0. The Morgan fingerprint density at radius 2 is 0.818 bits per heavy atom. The van der Waals surface area contributed by atoms with E-state index < -0.39 is 5.41 Å². The van der Waals surface area contributed by atoms with E-state index in [2.05, 4.69) is 217 Å². The zero-order valence-electron chi connectivity index (χ0n) is 30.1. The second kappa shape index (κ2) is 12.5. The first-order valence-electron chi connectivity index (χ1n) is 18.9. The summed E-state index contributed by atoms with van der Waals surface area (Å²) in [5, 5.41) is 2.39. The molecule has 0 saturated carbocycles. The van der Waals surface area contributed by atoms with E-state index in [1.54, 1.807) is 0 Å². The van der Waals surface area contributed by atoms with E-state index in [0.29, 0.717) is 0 Å². The lowest BCUT2D eigenvalue weighted by Crippen LogP contribution is -2.32. The SMILES string of the molecule is c1ccc(-c2ccc(N(c3ccccc3)c3ccc(-c4ccc5c(c4)-c4ccccc4C54c5ccccc5Oc5cc6ccccc6cc54)cc3)cc2)cc1. The molecule has 0 saturated heterocycles. The Morgan fingerprint density at radius 1 is 0.309 bits per heavy atom. The maximum absolute atomic E-state index is 6.71. The molecule has 0 N–H and O–H groups in total. The Labute approximate surface area is 321 Å². The molecule has 2 aliphatic rings. The molecule has 1 spiro atoms. The van der Waals surface area contributed by atoms with Gasteiger partial charge in [-0.15, -0.1) is 0 Å². The van der Waals surface area contributed by atoms with Crippen molar-refractivity contribution >= 4 is 27.8 Å². The Bertz CT molecular complexity index is 2880. The van der Waals surface area contributed by atoms with Gasteiger partial charge in [-0.25, -0.2) is 0 Å². The number of anilines is 3. The summed E-state index contributed by atoms with van der Waals surface area (Å²) in [6, 6.07) is 76.7. The van der Waals surface area contributed by atoms with Crippen LogP contribution in [0.25, 0.3) is 44.2 Å². The van der Waals surface area contributed by atoms with Crippen LogP contribution >= 0.6 is 0 Å². The average molecular weight is 702 g/mol. The van der Waals surface area contributed by atoms with Crippen molar-refractivity contribution in [3.63, 3.8) is 0 Å². The predicted molar refractivity (Wildman–Crippen MR) is 227 cm³/mol. The predicted octanol–water partition coefficient (Wildman–Crippen LogP) is 14.1. The van der Waals surface area contributed by atoms with Gasteiger partial charge in [-0.05, 0) is 116 Å². The highest BCUT2D eigenvalue weighted by Crippen LogP contribution is 2.62. The lowest BCUT2D eigenvalue weighted by molar-refractivity contribution is 0.437. The smallest absolute Gasteiger partial charge is 0.132 e. The number of benzene rings is 9. The molecule has 1 heterocycles. The van der Waals surface area contributed by atoms with Crippen molar-refractivity contribution in [2.75, 3.05) is 4.90 Å². The Morgan fingerprint density at radius 3 is 1.55 bits per heavy atom. The molecule has 2 heteroatoms. The molecule has 1 aliphatic carbocycles. The summed E-state index contributed by atoms with van der Waals surface area (Å²) in [6.07, 6.45) is 0. The van der Waals surface area contributed by atoms with Gasteiger partial charge in [0.25, 0.3) is 0 Å².